The van der Waals surface area contributed by atoms with Crippen molar-refractivity contribution in [2.24, 2.45) is 0 Å². The number of para-hydroxylation sites is 1. The van der Waals surface area contributed by atoms with E-state index in [0.717, 1.165) is 56.8 Å². The van der Waals surface area contributed by atoms with Gasteiger partial charge in [0, 0.05) is 56.2 Å². The molecule has 5 rings (SSSR count). The second-order valence-electron chi connectivity index (χ2n) is 12.2. The van der Waals surface area contributed by atoms with Crippen LogP contribution in [0.1, 0.15) is 32.3 Å². The van der Waals surface area contributed by atoms with Crippen molar-refractivity contribution in [3.63, 3.8) is 0 Å². The number of rotatable bonds is 10. The van der Waals surface area contributed by atoms with Gasteiger partial charge in [-0.2, -0.15) is 5.26 Å². The molecule has 2 aromatic rings. The summed E-state index contributed by atoms with van der Waals surface area (Å²) in [6.07, 6.45) is 4.94. The van der Waals surface area contributed by atoms with Crippen LogP contribution in [0.15, 0.2) is 46.6 Å². The number of carbonyl (C=O) groups is 2. The largest absolute Gasteiger partial charge is 0.475 e. The molecular weight excluding hydrogens is 551 g/mol. The Morgan fingerprint density at radius 1 is 1.19 bits per heavy atom. The SMILES string of the molecule is CC(C)(C=C(C#N)C(=O)N1CCCC1CNC(=O)N[C@@H](Cc1coc2ccccc12)B(O)O)N1CCN(C2COC2)CC1. The van der Waals surface area contributed by atoms with Gasteiger partial charge in [-0.15, -0.1) is 0 Å². The molecule has 1 unspecified atom stereocenters. The summed E-state index contributed by atoms with van der Waals surface area (Å²) in [5.74, 6) is -1.30. The van der Waals surface area contributed by atoms with E-state index in [1.165, 1.54) is 0 Å². The topological polar surface area (TPSA) is 155 Å². The predicted molar refractivity (Wildman–Crippen MR) is 161 cm³/mol. The number of nitrogens with zero attached hydrogens (tertiary/aromatic N) is 4. The van der Waals surface area contributed by atoms with E-state index >= 15 is 0 Å². The third-order valence-electron chi connectivity index (χ3n) is 8.93. The maximum absolute atomic E-state index is 13.5. The molecule has 0 saturated carbocycles. The smallest absolute Gasteiger partial charge is 0.464 e. The van der Waals surface area contributed by atoms with Gasteiger partial charge in [0.25, 0.3) is 5.91 Å². The molecule has 3 aliphatic heterocycles. The Morgan fingerprint density at radius 2 is 1.93 bits per heavy atom. The van der Waals surface area contributed by atoms with Gasteiger partial charge in [0.2, 0.25) is 0 Å². The van der Waals surface area contributed by atoms with E-state index < -0.39 is 24.6 Å². The van der Waals surface area contributed by atoms with Crippen molar-refractivity contribution < 1.29 is 28.8 Å². The number of furan rings is 1. The number of likely N-dealkylation sites (tertiary alicyclic amines) is 1. The number of amides is 3. The van der Waals surface area contributed by atoms with Crippen LogP contribution < -0.4 is 10.6 Å². The Bertz CT molecular complexity index is 1360. The summed E-state index contributed by atoms with van der Waals surface area (Å²) < 4.78 is 10.9. The maximum atomic E-state index is 13.5. The molecule has 0 aliphatic carbocycles. The fourth-order valence-electron chi connectivity index (χ4n) is 6.24. The highest BCUT2D eigenvalue weighted by Crippen LogP contribution is 2.25. The first-order chi connectivity index (χ1) is 20.7. The van der Waals surface area contributed by atoms with Crippen LogP contribution in [0.3, 0.4) is 0 Å². The summed E-state index contributed by atoms with van der Waals surface area (Å²) in [6, 6.07) is 9.18. The van der Waals surface area contributed by atoms with Gasteiger partial charge < -0.3 is 34.7 Å². The average Bonchev–Trinajstić information content (AvgIpc) is 3.61. The van der Waals surface area contributed by atoms with Crippen LogP contribution >= 0.6 is 0 Å². The third kappa shape index (κ3) is 7.22. The minimum Gasteiger partial charge on any atom is -0.464 e. The Labute approximate surface area is 252 Å². The lowest BCUT2D eigenvalue weighted by Gasteiger charge is -2.46. The van der Waals surface area contributed by atoms with Crippen molar-refractivity contribution >= 4 is 30.0 Å². The molecule has 3 aliphatic rings. The first kappa shape index (κ1) is 31.0. The molecule has 230 valence electrons. The number of benzene rings is 1. The van der Waals surface area contributed by atoms with Crippen LogP contribution in [-0.2, 0) is 16.0 Å². The van der Waals surface area contributed by atoms with Crippen molar-refractivity contribution in [1.29, 1.82) is 5.26 Å². The van der Waals surface area contributed by atoms with E-state index in [1.54, 1.807) is 17.2 Å². The summed E-state index contributed by atoms with van der Waals surface area (Å²) in [4.78, 5) is 32.7. The number of nitriles is 1. The molecule has 3 fully saturated rings. The Hall–Kier alpha value is -3.41. The van der Waals surface area contributed by atoms with Crippen LogP contribution in [-0.4, -0.2) is 120 Å². The van der Waals surface area contributed by atoms with Gasteiger partial charge in [-0.1, -0.05) is 18.2 Å². The van der Waals surface area contributed by atoms with Crippen LogP contribution in [0.25, 0.3) is 11.0 Å². The minimum absolute atomic E-state index is 0.104. The van der Waals surface area contributed by atoms with Gasteiger partial charge in [0.05, 0.1) is 31.5 Å². The second-order valence-corrected chi connectivity index (χ2v) is 12.2. The zero-order chi connectivity index (χ0) is 30.6. The Balaban J connectivity index is 1.15. The van der Waals surface area contributed by atoms with Gasteiger partial charge >= 0.3 is 13.1 Å². The average molecular weight is 593 g/mol. The third-order valence-corrected chi connectivity index (χ3v) is 8.93. The molecule has 3 saturated heterocycles. The molecule has 12 nitrogen and oxygen atoms in total. The summed E-state index contributed by atoms with van der Waals surface area (Å²) in [7, 11) is -1.79. The van der Waals surface area contributed by atoms with Crippen molar-refractivity contribution in [2.75, 3.05) is 52.5 Å². The van der Waals surface area contributed by atoms with Gasteiger partial charge in [-0.3, -0.25) is 14.6 Å². The lowest BCUT2D eigenvalue weighted by Crippen LogP contribution is -2.59. The second kappa shape index (κ2) is 13.5. The molecule has 4 heterocycles. The zero-order valence-electron chi connectivity index (χ0n) is 24.9. The van der Waals surface area contributed by atoms with Crippen LogP contribution in [0.2, 0.25) is 0 Å². The van der Waals surface area contributed by atoms with Crippen molar-refractivity contribution in [1.82, 2.24) is 25.3 Å². The van der Waals surface area contributed by atoms with E-state index in [2.05, 4.69) is 26.5 Å². The summed E-state index contributed by atoms with van der Waals surface area (Å²) in [5.41, 5.74) is 1.05. The fourth-order valence-corrected chi connectivity index (χ4v) is 6.24. The molecule has 3 amide bonds. The monoisotopic (exact) mass is 592 g/mol. The highest BCUT2D eigenvalue weighted by Gasteiger charge is 2.36. The molecule has 1 aromatic carbocycles. The predicted octanol–water partition coefficient (Wildman–Crippen LogP) is 0.891. The molecule has 13 heteroatoms. The van der Waals surface area contributed by atoms with Crippen molar-refractivity contribution in [3.05, 3.63) is 47.7 Å². The van der Waals surface area contributed by atoms with Crippen molar-refractivity contribution in [3.8, 4) is 6.07 Å². The van der Waals surface area contributed by atoms with E-state index in [9.17, 15) is 24.9 Å². The number of nitrogens with one attached hydrogen (secondary N) is 2. The number of fused-ring (bicyclic) bond motifs is 1. The van der Waals surface area contributed by atoms with Gasteiger partial charge in [0.15, 0.2) is 0 Å². The van der Waals surface area contributed by atoms with E-state index in [0.29, 0.717) is 24.6 Å². The number of hydrogen-bond donors (Lipinski definition) is 4. The Morgan fingerprint density at radius 3 is 2.60 bits per heavy atom. The fraction of sp³-hybridized carbons (Fsp3) is 0.567. The lowest BCUT2D eigenvalue weighted by molar-refractivity contribution is -0.127. The molecular formula is C30H41BN6O6. The lowest BCUT2D eigenvalue weighted by atomic mass is 9.76. The molecule has 1 aromatic heterocycles. The molecule has 0 spiro atoms. The quantitative estimate of drug-likeness (QED) is 0.179. The summed E-state index contributed by atoms with van der Waals surface area (Å²) >= 11 is 0. The van der Waals surface area contributed by atoms with Gasteiger partial charge in [-0.05, 0) is 50.8 Å². The summed E-state index contributed by atoms with van der Waals surface area (Å²) in [6.45, 7) is 9.86. The number of piperazine rings is 1. The zero-order valence-corrected chi connectivity index (χ0v) is 24.9. The van der Waals surface area contributed by atoms with Crippen molar-refractivity contribution in [2.45, 2.75) is 56.7 Å². The van der Waals surface area contributed by atoms with Crippen LogP contribution in [0, 0.1) is 11.3 Å². The number of carbonyl (C=O) groups excluding carboxylic acids is 2. The van der Waals surface area contributed by atoms with E-state index in [1.807, 2.05) is 38.1 Å². The molecule has 4 N–H and O–H groups in total. The highest BCUT2D eigenvalue weighted by atomic mass is 16.5. The van der Waals surface area contributed by atoms with E-state index in [4.69, 9.17) is 9.15 Å². The molecule has 2 atom stereocenters. The normalized spacial score (nSPS) is 21.3. The van der Waals surface area contributed by atoms with Gasteiger partial charge in [0.1, 0.15) is 17.2 Å². The number of ether oxygens (including phenoxy) is 1. The van der Waals surface area contributed by atoms with E-state index in [-0.39, 0.29) is 30.5 Å². The summed E-state index contributed by atoms with van der Waals surface area (Å²) in [5, 5.41) is 36.1. The molecule has 0 radical (unpaired) electrons. The highest BCUT2D eigenvalue weighted by molar-refractivity contribution is 6.43. The molecule has 0 bridgehead atoms. The Kier molecular flexibility index (Phi) is 9.73. The van der Waals surface area contributed by atoms with Gasteiger partial charge in [-0.25, -0.2) is 4.79 Å². The standard InChI is InChI=1S/C30H41BN6O6/c1-30(2,36-12-10-35(11-13-36)24-19-42-20-24)15-22(16-32)28(38)37-9-5-6-23(37)17-33-29(39)34-27(31(40)41)14-21-18-43-26-8-4-3-7-25(21)26/h3-4,7-8,15,18,23-24,27,40-41H,5-6,9-14,17,19-20H2,1-2H3,(H2,33,34,39)/t23?,27-/m0/s1. The molecule has 43 heavy (non-hydrogen) atoms. The number of hydrogen-bond acceptors (Lipinski definition) is 9. The maximum Gasteiger partial charge on any atom is 0.475 e. The number of urea groups is 1. The first-order valence-corrected chi connectivity index (χ1v) is 15.0. The first-order valence-electron chi connectivity index (χ1n) is 15.0. The van der Waals surface area contributed by atoms with Crippen LogP contribution in [0.4, 0.5) is 4.79 Å². The van der Waals surface area contributed by atoms with Crippen LogP contribution in [0.5, 0.6) is 0 Å². The minimum atomic E-state index is -1.79.